The van der Waals surface area contributed by atoms with E-state index in [2.05, 4.69) is 39.9 Å². The fourth-order valence-corrected chi connectivity index (χ4v) is 2.51. The van der Waals surface area contributed by atoms with Crippen LogP contribution in [0.25, 0.3) is 11.1 Å². The van der Waals surface area contributed by atoms with E-state index >= 15 is 0 Å². The first-order chi connectivity index (χ1) is 12.7. The minimum Gasteiger partial charge on any atom is -0.859 e. The largest absolute Gasteiger partial charge is 0.859 e. The van der Waals surface area contributed by atoms with Gasteiger partial charge in [-0.15, -0.1) is 0 Å². The van der Waals surface area contributed by atoms with Crippen LogP contribution in [0.3, 0.4) is 0 Å². The molecule has 0 atom stereocenters. The second kappa shape index (κ2) is 9.56. The lowest BCUT2D eigenvalue weighted by atomic mass is 9.85. The average molecular weight is 366 g/mol. The Balaban J connectivity index is 0.000000646. The number of aromatic nitrogens is 1. The monoisotopic (exact) mass is 366 g/mol. The quantitative estimate of drug-likeness (QED) is 0.859. The first-order valence-corrected chi connectivity index (χ1v) is 8.91. The summed E-state index contributed by atoms with van der Waals surface area (Å²) in [5.41, 5.74) is 0.400. The molecule has 0 radical (unpaired) electrons. The zero-order valence-electron chi connectivity index (χ0n) is 16.5. The van der Waals surface area contributed by atoms with Crippen LogP contribution in [-0.4, -0.2) is 18.1 Å². The number of nitriles is 2. The molecule has 0 spiro atoms. The molecule has 6 nitrogen and oxygen atoms in total. The lowest BCUT2D eigenvalue weighted by molar-refractivity contribution is -0.648. The fourth-order valence-electron chi connectivity index (χ4n) is 2.51. The van der Waals surface area contributed by atoms with Crippen LogP contribution in [0.4, 0.5) is 0 Å². The molecule has 0 amide bonds. The van der Waals surface area contributed by atoms with Crippen molar-refractivity contribution in [3.8, 4) is 29.1 Å². The van der Waals surface area contributed by atoms with Gasteiger partial charge in [0.1, 0.15) is 17.7 Å². The topological polar surface area (TPSA) is 120 Å². The Morgan fingerprint density at radius 1 is 1.04 bits per heavy atom. The molecule has 3 N–H and O–H groups in total. The molecule has 0 aliphatic heterocycles. The molecule has 27 heavy (non-hydrogen) atoms. The number of benzene rings is 1. The third kappa shape index (κ3) is 5.44. The van der Waals surface area contributed by atoms with Crippen LogP contribution >= 0.6 is 0 Å². The van der Waals surface area contributed by atoms with Crippen molar-refractivity contribution < 1.29 is 10.4 Å². The minimum atomic E-state index is -0.776. The maximum atomic E-state index is 11.8. The number of hydrogen-bond acceptors (Lipinski definition) is 4. The maximum absolute atomic E-state index is 11.8. The Hall–Kier alpha value is -3.09. The molecule has 0 unspecified atom stereocenters. The van der Waals surface area contributed by atoms with E-state index in [0.717, 1.165) is 5.56 Å². The summed E-state index contributed by atoms with van der Waals surface area (Å²) in [5, 5.41) is 32.4. The van der Waals surface area contributed by atoms with Crippen LogP contribution in [0.15, 0.2) is 29.1 Å². The highest BCUT2D eigenvalue weighted by Gasteiger charge is 2.17. The smallest absolute Gasteiger partial charge is 0.266 e. The Morgan fingerprint density at radius 2 is 1.56 bits per heavy atom. The summed E-state index contributed by atoms with van der Waals surface area (Å²) in [6.07, 6.45) is 0. The van der Waals surface area contributed by atoms with Crippen molar-refractivity contribution in [1.29, 1.82) is 10.5 Å². The van der Waals surface area contributed by atoms with E-state index in [1.165, 1.54) is 13.1 Å². The van der Waals surface area contributed by atoms with Gasteiger partial charge in [0.15, 0.2) is 0 Å². The minimum absolute atomic E-state index is 0.0491. The van der Waals surface area contributed by atoms with Gasteiger partial charge in [-0.25, -0.2) is 0 Å². The van der Waals surface area contributed by atoms with Crippen molar-refractivity contribution in [3.05, 3.63) is 51.3 Å². The summed E-state index contributed by atoms with van der Waals surface area (Å²) < 4.78 is 0. The van der Waals surface area contributed by atoms with E-state index in [1.54, 1.807) is 24.3 Å². The van der Waals surface area contributed by atoms with Crippen LogP contribution in [0.2, 0.25) is 0 Å². The van der Waals surface area contributed by atoms with E-state index in [-0.39, 0.29) is 22.1 Å². The SMILES string of the molecule is CC(C)(C)c1ccc(-c2c(C#N)c([O-])[nH]c(=O)c2C#N)cc1.CC[NH2+]CC. The van der Waals surface area contributed by atoms with Crippen LogP contribution in [0.5, 0.6) is 5.88 Å². The molecule has 0 saturated heterocycles. The molecule has 0 saturated carbocycles. The molecule has 1 aromatic heterocycles. The molecule has 142 valence electrons. The molecule has 2 rings (SSSR count). The summed E-state index contributed by atoms with van der Waals surface area (Å²) in [7, 11) is 0. The predicted octanol–water partition coefficient (Wildman–Crippen LogP) is 1.75. The molecule has 6 heteroatoms. The molecular formula is C21H26N4O2. The van der Waals surface area contributed by atoms with Gasteiger partial charge in [-0.05, 0) is 36.3 Å². The third-order valence-corrected chi connectivity index (χ3v) is 4.02. The molecule has 1 aromatic carbocycles. The number of nitrogens with one attached hydrogen (secondary N) is 1. The van der Waals surface area contributed by atoms with Crippen molar-refractivity contribution in [2.75, 3.05) is 13.1 Å². The van der Waals surface area contributed by atoms with Gasteiger partial charge in [0.05, 0.1) is 18.7 Å². The lowest BCUT2D eigenvalue weighted by Crippen LogP contribution is -2.82. The second-order valence-corrected chi connectivity index (χ2v) is 7.06. The lowest BCUT2D eigenvalue weighted by Gasteiger charge is -2.20. The van der Waals surface area contributed by atoms with Gasteiger partial charge in [0, 0.05) is 5.56 Å². The van der Waals surface area contributed by atoms with Crippen molar-refractivity contribution in [2.45, 2.75) is 40.0 Å². The summed E-state index contributed by atoms with van der Waals surface area (Å²) >= 11 is 0. The highest BCUT2D eigenvalue weighted by atomic mass is 16.3. The fraction of sp³-hybridized carbons (Fsp3) is 0.381. The van der Waals surface area contributed by atoms with Gasteiger partial charge in [0.2, 0.25) is 0 Å². The van der Waals surface area contributed by atoms with Crippen molar-refractivity contribution in [3.63, 3.8) is 0 Å². The summed E-state index contributed by atoms with van der Waals surface area (Å²) in [6, 6.07) is 10.7. The Bertz CT molecular complexity index is 906. The number of H-pyrrole nitrogens is 1. The zero-order valence-corrected chi connectivity index (χ0v) is 16.5. The van der Waals surface area contributed by atoms with Gasteiger partial charge >= 0.3 is 0 Å². The number of rotatable bonds is 3. The predicted molar refractivity (Wildman–Crippen MR) is 103 cm³/mol. The number of pyridine rings is 1. The van der Waals surface area contributed by atoms with Crippen molar-refractivity contribution in [1.82, 2.24) is 4.98 Å². The number of nitrogens with two attached hydrogens (primary N) is 1. The van der Waals surface area contributed by atoms with Crippen LogP contribution < -0.4 is 16.0 Å². The maximum Gasteiger partial charge on any atom is 0.266 e. The average Bonchev–Trinajstić information content (AvgIpc) is 2.62. The number of hydrogen-bond donors (Lipinski definition) is 2. The van der Waals surface area contributed by atoms with E-state index in [1.807, 2.05) is 17.1 Å². The van der Waals surface area contributed by atoms with Crippen LogP contribution in [0, 0.1) is 22.7 Å². The van der Waals surface area contributed by atoms with Crippen LogP contribution in [0.1, 0.15) is 51.3 Å². The Kier molecular flexibility index (Phi) is 7.78. The summed E-state index contributed by atoms with van der Waals surface area (Å²) in [5.74, 6) is -0.776. The molecule has 2 aromatic rings. The number of nitrogens with zero attached hydrogens (tertiary/aromatic N) is 2. The highest BCUT2D eigenvalue weighted by Crippen LogP contribution is 2.30. The number of aromatic amines is 1. The van der Waals surface area contributed by atoms with E-state index < -0.39 is 11.4 Å². The van der Waals surface area contributed by atoms with E-state index in [0.29, 0.717) is 5.56 Å². The van der Waals surface area contributed by atoms with E-state index in [4.69, 9.17) is 0 Å². The first-order valence-electron chi connectivity index (χ1n) is 8.91. The third-order valence-electron chi connectivity index (χ3n) is 4.02. The second-order valence-electron chi connectivity index (χ2n) is 7.06. The van der Waals surface area contributed by atoms with Crippen LogP contribution in [-0.2, 0) is 5.41 Å². The molecule has 1 heterocycles. The Morgan fingerprint density at radius 3 is 1.93 bits per heavy atom. The van der Waals surface area contributed by atoms with Gasteiger partial charge in [-0.3, -0.25) is 4.79 Å². The van der Waals surface area contributed by atoms with Gasteiger partial charge in [-0.2, -0.15) is 10.5 Å². The molecular weight excluding hydrogens is 340 g/mol. The summed E-state index contributed by atoms with van der Waals surface area (Å²) in [6.45, 7) is 12.9. The highest BCUT2D eigenvalue weighted by molar-refractivity contribution is 5.77. The standard InChI is InChI=1S/C17H15N3O2.C4H11N/c1-17(2,3)11-6-4-10(5-7-11)14-12(8-18)15(21)20-16(22)13(14)9-19;1-3-5-4-2/h4-7H,1-3H3,(H2,20,21,22);5H,3-4H2,1-2H3. The van der Waals surface area contributed by atoms with Gasteiger partial charge in [-0.1, -0.05) is 45.0 Å². The van der Waals surface area contributed by atoms with Crippen molar-refractivity contribution >= 4 is 0 Å². The molecule has 0 fully saturated rings. The van der Waals surface area contributed by atoms with E-state index in [9.17, 15) is 20.4 Å². The molecule has 0 bridgehead atoms. The van der Waals surface area contributed by atoms with Gasteiger partial charge < -0.3 is 15.4 Å². The Labute approximate surface area is 160 Å². The zero-order chi connectivity index (χ0) is 20.6. The first kappa shape index (κ1) is 22.0. The summed E-state index contributed by atoms with van der Waals surface area (Å²) in [4.78, 5) is 13.8. The normalized spacial score (nSPS) is 10.3. The molecule has 0 aliphatic rings. The van der Waals surface area contributed by atoms with Crippen molar-refractivity contribution in [2.24, 2.45) is 0 Å². The number of quaternary nitrogens is 1. The molecule has 0 aliphatic carbocycles. The van der Waals surface area contributed by atoms with Gasteiger partial charge in [0.25, 0.3) is 5.56 Å².